The highest BCUT2D eigenvalue weighted by Crippen LogP contribution is 2.42. The molecule has 0 aromatic heterocycles. The standard InChI is InChI=1S/C43H43FN2O5S/c44-33-18-13-30(14-19-33)39(49)8-4-7-38-42(46(43(52)45-38)34-20-15-28(16-21-34)27-5-2-1-3-6-27)37-22-17-32(23-40(37)50)29-9-11-31(12-10-29)41-25-35(48)24-36(26-47)51-41/h1-3,5-6,9-23,35-36,38-39,41-42,47-50H,4,7-8,24-26H2,(H,45,52). The Bertz CT molecular complexity index is 1960. The Kier molecular flexibility index (Phi) is 11.0. The number of aromatic hydroxyl groups is 1. The maximum absolute atomic E-state index is 13.5. The second kappa shape index (κ2) is 15.9. The molecule has 2 aliphatic rings. The number of phenols is 1. The molecule has 6 unspecified atom stereocenters. The third kappa shape index (κ3) is 7.89. The molecule has 0 radical (unpaired) electrons. The first-order chi connectivity index (χ1) is 25.3. The Morgan fingerprint density at radius 2 is 1.48 bits per heavy atom. The first-order valence-corrected chi connectivity index (χ1v) is 18.2. The van der Waals surface area contributed by atoms with E-state index in [-0.39, 0.29) is 42.5 Å². The van der Waals surface area contributed by atoms with Gasteiger partial charge in [-0.3, -0.25) is 0 Å². The quantitative estimate of drug-likeness (QED) is 0.0873. The lowest BCUT2D eigenvalue weighted by Crippen LogP contribution is -2.33. The zero-order chi connectivity index (χ0) is 36.2. The zero-order valence-corrected chi connectivity index (χ0v) is 29.5. The summed E-state index contributed by atoms with van der Waals surface area (Å²) in [6.07, 6.45) is 0.783. The Balaban J connectivity index is 1.14. The molecule has 2 heterocycles. The number of nitrogens with one attached hydrogen (secondary N) is 1. The smallest absolute Gasteiger partial charge is 0.174 e. The predicted octanol–water partition coefficient (Wildman–Crippen LogP) is 8.15. The molecular weight excluding hydrogens is 676 g/mol. The monoisotopic (exact) mass is 718 g/mol. The number of halogens is 1. The van der Waals surface area contributed by atoms with E-state index in [0.29, 0.717) is 42.8 Å². The van der Waals surface area contributed by atoms with Crippen molar-refractivity contribution in [2.24, 2.45) is 0 Å². The number of thiocarbonyl (C=S) groups is 1. The molecule has 2 saturated heterocycles. The van der Waals surface area contributed by atoms with Crippen molar-refractivity contribution in [1.82, 2.24) is 5.32 Å². The van der Waals surface area contributed by atoms with Crippen LogP contribution in [0.15, 0.2) is 121 Å². The molecule has 2 fully saturated rings. The van der Waals surface area contributed by atoms with Gasteiger partial charge in [-0.25, -0.2) is 4.39 Å². The number of phenolic OH excluding ortho intramolecular Hbond substituents is 1. The molecule has 2 aliphatic heterocycles. The van der Waals surface area contributed by atoms with Gasteiger partial charge in [0, 0.05) is 24.1 Å². The number of benzene rings is 5. The molecule has 5 N–H and O–H groups in total. The lowest BCUT2D eigenvalue weighted by atomic mass is 9.91. The molecular formula is C43H43FN2O5S. The molecule has 0 aliphatic carbocycles. The number of ether oxygens (including phenoxy) is 1. The van der Waals surface area contributed by atoms with Crippen LogP contribution in [0.1, 0.15) is 67.0 Å². The highest BCUT2D eigenvalue weighted by Gasteiger charge is 2.40. The van der Waals surface area contributed by atoms with Gasteiger partial charge in [-0.05, 0) is 95.2 Å². The minimum absolute atomic E-state index is 0.131. The number of anilines is 1. The molecule has 9 heteroatoms. The van der Waals surface area contributed by atoms with Gasteiger partial charge in [0.05, 0.1) is 43.1 Å². The van der Waals surface area contributed by atoms with Gasteiger partial charge in [0.1, 0.15) is 11.6 Å². The van der Waals surface area contributed by atoms with Gasteiger partial charge < -0.3 is 35.4 Å². The normalized spacial score (nSPS) is 22.3. The molecule has 0 saturated carbocycles. The first kappa shape index (κ1) is 35.7. The molecule has 52 heavy (non-hydrogen) atoms. The molecule has 5 aromatic carbocycles. The SMILES string of the molecule is OCC1CC(O)CC(c2ccc(-c3ccc(C4C(CCCC(O)c5ccc(F)cc5)NC(=S)N4c4ccc(-c5ccccc5)cc4)c(O)c3)cc2)O1. The van der Waals surface area contributed by atoms with Crippen molar-refractivity contribution in [1.29, 1.82) is 0 Å². The van der Waals surface area contributed by atoms with Crippen LogP contribution in [0.2, 0.25) is 0 Å². The summed E-state index contributed by atoms with van der Waals surface area (Å²) in [5.41, 5.74) is 7.18. The largest absolute Gasteiger partial charge is 0.508 e. The van der Waals surface area contributed by atoms with E-state index in [2.05, 4.69) is 46.6 Å². The van der Waals surface area contributed by atoms with Gasteiger partial charge in [0.25, 0.3) is 0 Å². The lowest BCUT2D eigenvalue weighted by molar-refractivity contribution is -0.113. The molecule has 0 bridgehead atoms. The van der Waals surface area contributed by atoms with E-state index < -0.39 is 12.2 Å². The van der Waals surface area contributed by atoms with E-state index in [1.807, 2.05) is 54.6 Å². The summed E-state index contributed by atoms with van der Waals surface area (Å²) in [6.45, 7) is -0.131. The van der Waals surface area contributed by atoms with Gasteiger partial charge in [-0.1, -0.05) is 91.0 Å². The van der Waals surface area contributed by atoms with E-state index >= 15 is 0 Å². The van der Waals surface area contributed by atoms with E-state index in [1.54, 1.807) is 18.2 Å². The van der Waals surface area contributed by atoms with Crippen LogP contribution in [-0.2, 0) is 4.74 Å². The summed E-state index contributed by atoms with van der Waals surface area (Å²) in [5, 5.41) is 46.4. The fraction of sp³-hybridized carbons (Fsp3) is 0.279. The van der Waals surface area contributed by atoms with Crippen molar-refractivity contribution in [3.8, 4) is 28.0 Å². The van der Waals surface area contributed by atoms with Crippen LogP contribution in [0.3, 0.4) is 0 Å². The van der Waals surface area contributed by atoms with E-state index in [1.165, 1.54) is 12.1 Å². The summed E-state index contributed by atoms with van der Waals surface area (Å²) in [6, 6.07) is 37.5. The van der Waals surface area contributed by atoms with Crippen LogP contribution >= 0.6 is 12.2 Å². The van der Waals surface area contributed by atoms with Crippen LogP contribution in [0.25, 0.3) is 22.3 Å². The average Bonchev–Trinajstić information content (AvgIpc) is 3.50. The number of rotatable bonds is 11. The molecule has 7 rings (SSSR count). The second-order valence-corrected chi connectivity index (χ2v) is 14.1. The minimum Gasteiger partial charge on any atom is -0.508 e. The first-order valence-electron chi connectivity index (χ1n) is 17.8. The van der Waals surface area contributed by atoms with Gasteiger partial charge >= 0.3 is 0 Å². The van der Waals surface area contributed by atoms with Crippen molar-refractivity contribution in [2.75, 3.05) is 11.5 Å². The van der Waals surface area contributed by atoms with Crippen molar-refractivity contribution in [2.45, 2.75) is 68.6 Å². The molecule has 7 nitrogen and oxygen atoms in total. The highest BCUT2D eigenvalue weighted by atomic mass is 32.1. The van der Waals surface area contributed by atoms with E-state index in [0.717, 1.165) is 39.1 Å². The molecule has 268 valence electrons. The number of hydrogen-bond donors (Lipinski definition) is 5. The summed E-state index contributed by atoms with van der Waals surface area (Å²) in [5.74, 6) is -0.196. The van der Waals surface area contributed by atoms with Crippen molar-refractivity contribution in [3.63, 3.8) is 0 Å². The molecule has 5 aromatic rings. The van der Waals surface area contributed by atoms with Crippen LogP contribution in [-0.4, -0.2) is 50.4 Å². The Hall–Kier alpha value is -4.64. The van der Waals surface area contributed by atoms with E-state index in [9.17, 15) is 24.8 Å². The number of aliphatic hydroxyl groups is 3. The maximum atomic E-state index is 13.5. The van der Waals surface area contributed by atoms with Crippen molar-refractivity contribution in [3.05, 3.63) is 144 Å². The third-order valence-electron chi connectivity index (χ3n) is 10.2. The fourth-order valence-corrected chi connectivity index (χ4v) is 7.86. The van der Waals surface area contributed by atoms with Crippen molar-refractivity contribution >= 4 is 23.0 Å². The Morgan fingerprint density at radius 1 is 0.827 bits per heavy atom. The van der Waals surface area contributed by atoms with Crippen molar-refractivity contribution < 1.29 is 29.6 Å². The van der Waals surface area contributed by atoms with Crippen LogP contribution in [0.5, 0.6) is 5.75 Å². The average molecular weight is 719 g/mol. The minimum atomic E-state index is -0.723. The Morgan fingerprint density at radius 3 is 2.17 bits per heavy atom. The van der Waals surface area contributed by atoms with Gasteiger partial charge in [-0.15, -0.1) is 0 Å². The topological polar surface area (TPSA) is 105 Å². The molecule has 6 atom stereocenters. The molecule has 0 spiro atoms. The lowest BCUT2D eigenvalue weighted by Gasteiger charge is -2.32. The molecule has 0 amide bonds. The summed E-state index contributed by atoms with van der Waals surface area (Å²) >= 11 is 5.94. The van der Waals surface area contributed by atoms with Crippen LogP contribution in [0.4, 0.5) is 10.1 Å². The number of nitrogens with zero attached hydrogens (tertiary/aromatic N) is 1. The van der Waals surface area contributed by atoms with Crippen LogP contribution < -0.4 is 10.2 Å². The zero-order valence-electron chi connectivity index (χ0n) is 28.7. The Labute approximate surface area is 309 Å². The number of hydrogen-bond acceptors (Lipinski definition) is 6. The summed E-state index contributed by atoms with van der Waals surface area (Å²) in [4.78, 5) is 2.06. The van der Waals surface area contributed by atoms with Gasteiger partial charge in [-0.2, -0.15) is 0 Å². The highest BCUT2D eigenvalue weighted by molar-refractivity contribution is 7.80. The van der Waals surface area contributed by atoms with Gasteiger partial charge in [0.15, 0.2) is 5.11 Å². The maximum Gasteiger partial charge on any atom is 0.174 e. The van der Waals surface area contributed by atoms with Gasteiger partial charge in [0.2, 0.25) is 0 Å². The van der Waals surface area contributed by atoms with E-state index in [4.69, 9.17) is 17.0 Å². The van der Waals surface area contributed by atoms with Crippen LogP contribution in [0, 0.1) is 5.82 Å². The summed E-state index contributed by atoms with van der Waals surface area (Å²) in [7, 11) is 0. The number of aliphatic hydroxyl groups excluding tert-OH is 3. The summed E-state index contributed by atoms with van der Waals surface area (Å²) < 4.78 is 19.5. The predicted molar refractivity (Wildman–Crippen MR) is 205 cm³/mol. The third-order valence-corrected chi connectivity index (χ3v) is 10.5. The second-order valence-electron chi connectivity index (χ2n) is 13.7. The fourth-order valence-electron chi connectivity index (χ4n) is 7.49.